The third kappa shape index (κ3) is 6.91. The fourth-order valence-corrected chi connectivity index (χ4v) is 2.62. The van der Waals surface area contributed by atoms with Gasteiger partial charge in [-0.05, 0) is 37.1 Å². The van der Waals surface area contributed by atoms with Gasteiger partial charge in [-0.3, -0.25) is 9.69 Å². The lowest BCUT2D eigenvalue weighted by atomic mass is 10.0. The number of unbranched alkanes of at least 4 members (excludes halogenated alkanes) is 1. The molecule has 8 heteroatoms. The van der Waals surface area contributed by atoms with E-state index in [4.69, 9.17) is 10.5 Å². The smallest absolute Gasteiger partial charge is 0.241 e. The third-order valence-corrected chi connectivity index (χ3v) is 3.75. The zero-order valence-corrected chi connectivity index (χ0v) is 15.2. The lowest BCUT2D eigenvalue weighted by molar-refractivity contribution is -0.128. The summed E-state index contributed by atoms with van der Waals surface area (Å²) in [6.07, 6.45) is 1.73. The van der Waals surface area contributed by atoms with Crippen LogP contribution in [0.25, 0.3) is 0 Å². The van der Waals surface area contributed by atoms with E-state index in [1.165, 1.54) is 12.1 Å². The van der Waals surface area contributed by atoms with Crippen LogP contribution < -0.4 is 11.1 Å². The summed E-state index contributed by atoms with van der Waals surface area (Å²) >= 11 is 0. The molecule has 0 saturated carbocycles. The lowest BCUT2D eigenvalue weighted by Gasteiger charge is -2.33. The molecule has 5 nitrogen and oxygen atoms in total. The predicted octanol–water partition coefficient (Wildman–Crippen LogP) is 1.90. The number of nitrogens with two attached hydrogens (primary N) is 1. The Hall–Kier alpha value is -0.920. The van der Waals surface area contributed by atoms with Crippen LogP contribution in [0.1, 0.15) is 24.4 Å². The van der Waals surface area contributed by atoms with E-state index >= 15 is 0 Å². The molecular weight excluding hydrogens is 356 g/mol. The Morgan fingerprint density at radius 1 is 1.29 bits per heavy atom. The van der Waals surface area contributed by atoms with Crippen LogP contribution in [-0.2, 0) is 9.53 Å². The molecule has 138 valence electrons. The van der Waals surface area contributed by atoms with Crippen molar-refractivity contribution in [2.45, 2.75) is 18.9 Å². The molecule has 0 radical (unpaired) electrons. The molecule has 1 aromatic carbocycles. The van der Waals surface area contributed by atoms with Gasteiger partial charge in [-0.2, -0.15) is 0 Å². The molecule has 1 aromatic rings. The summed E-state index contributed by atoms with van der Waals surface area (Å²) in [5.41, 5.74) is 6.13. The highest BCUT2D eigenvalue weighted by molar-refractivity contribution is 5.85. The van der Waals surface area contributed by atoms with Gasteiger partial charge in [0.1, 0.15) is 11.9 Å². The van der Waals surface area contributed by atoms with E-state index in [0.717, 1.165) is 12.8 Å². The van der Waals surface area contributed by atoms with Crippen molar-refractivity contribution in [3.8, 4) is 0 Å². The number of ether oxygens (including phenoxy) is 1. The Balaban J connectivity index is 0.00000264. The minimum Gasteiger partial charge on any atom is -0.379 e. The second kappa shape index (κ2) is 12.4. The zero-order chi connectivity index (χ0) is 15.8. The van der Waals surface area contributed by atoms with Crippen molar-refractivity contribution in [1.29, 1.82) is 0 Å². The van der Waals surface area contributed by atoms with Crippen LogP contribution in [-0.4, -0.2) is 50.2 Å². The first kappa shape index (κ1) is 23.1. The molecule has 24 heavy (non-hydrogen) atoms. The van der Waals surface area contributed by atoms with Gasteiger partial charge in [-0.25, -0.2) is 4.39 Å². The van der Waals surface area contributed by atoms with E-state index in [1.54, 1.807) is 12.1 Å². The van der Waals surface area contributed by atoms with Crippen LogP contribution in [0.15, 0.2) is 24.3 Å². The molecule has 2 rings (SSSR count). The van der Waals surface area contributed by atoms with Crippen LogP contribution >= 0.6 is 24.8 Å². The molecule has 3 N–H and O–H groups in total. The quantitative estimate of drug-likeness (QED) is 0.707. The number of nitrogens with one attached hydrogen (secondary N) is 1. The number of hydrogen-bond acceptors (Lipinski definition) is 4. The Labute approximate surface area is 154 Å². The van der Waals surface area contributed by atoms with Crippen molar-refractivity contribution >= 4 is 30.7 Å². The monoisotopic (exact) mass is 381 g/mol. The Bertz CT molecular complexity index is 488. The second-order valence-corrected chi connectivity index (χ2v) is 5.39. The molecule has 1 heterocycles. The number of carbonyl (C=O) groups excluding carboxylic acids is 1. The first-order chi connectivity index (χ1) is 10.7. The summed E-state index contributed by atoms with van der Waals surface area (Å²) in [4.78, 5) is 14.6. The van der Waals surface area contributed by atoms with E-state index in [0.29, 0.717) is 45.0 Å². The molecule has 1 fully saturated rings. The summed E-state index contributed by atoms with van der Waals surface area (Å²) in [5.74, 6) is -0.420. The van der Waals surface area contributed by atoms with Gasteiger partial charge in [0.15, 0.2) is 0 Å². The van der Waals surface area contributed by atoms with Gasteiger partial charge >= 0.3 is 0 Å². The molecule has 0 aromatic heterocycles. The van der Waals surface area contributed by atoms with Crippen LogP contribution in [0.5, 0.6) is 0 Å². The highest BCUT2D eigenvalue weighted by Crippen LogP contribution is 2.23. The topological polar surface area (TPSA) is 67.6 Å². The van der Waals surface area contributed by atoms with Gasteiger partial charge in [-0.1, -0.05) is 12.1 Å². The summed E-state index contributed by atoms with van der Waals surface area (Å²) in [7, 11) is 0. The fraction of sp³-hybridized carbons (Fsp3) is 0.562. The second-order valence-electron chi connectivity index (χ2n) is 5.39. The fourth-order valence-electron chi connectivity index (χ4n) is 2.62. The number of halogens is 3. The molecule has 1 atom stereocenters. The van der Waals surface area contributed by atoms with E-state index < -0.39 is 6.04 Å². The zero-order valence-electron chi connectivity index (χ0n) is 13.6. The number of hydrogen-bond donors (Lipinski definition) is 2. The van der Waals surface area contributed by atoms with E-state index in [9.17, 15) is 9.18 Å². The van der Waals surface area contributed by atoms with Crippen LogP contribution in [0.3, 0.4) is 0 Å². The lowest BCUT2D eigenvalue weighted by Crippen LogP contribution is -2.46. The average Bonchev–Trinajstić information content (AvgIpc) is 2.53. The number of amides is 1. The Morgan fingerprint density at radius 3 is 2.62 bits per heavy atom. The number of rotatable bonds is 7. The minimum absolute atomic E-state index is 0. The van der Waals surface area contributed by atoms with E-state index in [2.05, 4.69) is 5.32 Å². The molecule has 0 spiro atoms. The molecule has 1 unspecified atom stereocenters. The minimum atomic E-state index is -0.475. The predicted molar refractivity (Wildman–Crippen MR) is 97.3 cm³/mol. The normalized spacial score (nSPS) is 15.8. The van der Waals surface area contributed by atoms with E-state index in [-0.39, 0.29) is 36.5 Å². The van der Waals surface area contributed by atoms with Crippen LogP contribution in [0, 0.1) is 5.82 Å². The molecule has 1 aliphatic heterocycles. The van der Waals surface area contributed by atoms with Gasteiger partial charge in [-0.15, -0.1) is 24.8 Å². The van der Waals surface area contributed by atoms with Crippen molar-refractivity contribution < 1.29 is 13.9 Å². The van der Waals surface area contributed by atoms with Crippen LogP contribution in [0.4, 0.5) is 4.39 Å². The molecule has 1 aliphatic rings. The maximum absolute atomic E-state index is 13.5. The van der Waals surface area contributed by atoms with Gasteiger partial charge in [0.2, 0.25) is 5.91 Å². The number of benzene rings is 1. The average molecular weight is 382 g/mol. The highest BCUT2D eigenvalue weighted by Gasteiger charge is 2.29. The largest absolute Gasteiger partial charge is 0.379 e. The number of morpholine rings is 1. The first-order valence-electron chi connectivity index (χ1n) is 7.77. The van der Waals surface area contributed by atoms with Gasteiger partial charge in [0.05, 0.1) is 13.2 Å². The van der Waals surface area contributed by atoms with Gasteiger partial charge in [0.25, 0.3) is 0 Å². The molecule has 0 bridgehead atoms. The molecule has 1 saturated heterocycles. The molecule has 1 amide bonds. The Morgan fingerprint density at radius 2 is 2.00 bits per heavy atom. The van der Waals surface area contributed by atoms with Crippen molar-refractivity contribution in [2.24, 2.45) is 5.73 Å². The van der Waals surface area contributed by atoms with Gasteiger partial charge in [0, 0.05) is 19.6 Å². The maximum atomic E-state index is 13.5. The molecule has 0 aliphatic carbocycles. The maximum Gasteiger partial charge on any atom is 0.241 e. The van der Waals surface area contributed by atoms with Crippen molar-refractivity contribution in [3.63, 3.8) is 0 Å². The standard InChI is InChI=1S/C16H24FN3O2.2ClH/c17-14-5-3-4-13(12-14)15(20-8-10-22-11-9-20)16(21)19-7-2-1-6-18;;/h3-5,12,15H,1-2,6-11,18H2,(H,19,21);2*1H. The number of carbonyl (C=O) groups is 1. The van der Waals surface area contributed by atoms with Crippen molar-refractivity contribution in [1.82, 2.24) is 10.2 Å². The Kier molecular flexibility index (Phi) is 12.0. The number of nitrogens with zero attached hydrogens (tertiary/aromatic N) is 1. The molecular formula is C16H26Cl2FN3O2. The van der Waals surface area contributed by atoms with Crippen LogP contribution in [0.2, 0.25) is 0 Å². The van der Waals surface area contributed by atoms with Crippen molar-refractivity contribution in [3.05, 3.63) is 35.6 Å². The van der Waals surface area contributed by atoms with E-state index in [1.807, 2.05) is 4.90 Å². The first-order valence-corrected chi connectivity index (χ1v) is 7.77. The SMILES string of the molecule is Cl.Cl.NCCCCNC(=O)C(c1cccc(F)c1)N1CCOCC1. The summed E-state index contributed by atoms with van der Waals surface area (Å²) < 4.78 is 18.9. The summed E-state index contributed by atoms with van der Waals surface area (Å²) in [6.45, 7) is 3.71. The highest BCUT2D eigenvalue weighted by atomic mass is 35.5. The summed E-state index contributed by atoms with van der Waals surface area (Å²) in [5, 5.41) is 2.93. The van der Waals surface area contributed by atoms with Gasteiger partial charge < -0.3 is 15.8 Å². The summed E-state index contributed by atoms with van der Waals surface area (Å²) in [6, 6.07) is 5.78. The third-order valence-electron chi connectivity index (χ3n) is 3.75. The van der Waals surface area contributed by atoms with Crippen molar-refractivity contribution in [2.75, 3.05) is 39.4 Å².